The summed E-state index contributed by atoms with van der Waals surface area (Å²) in [4.78, 5) is 14.8. The molecule has 1 heterocycles. The van der Waals surface area contributed by atoms with E-state index in [-0.39, 0.29) is 0 Å². The molecule has 0 spiro atoms. The fraction of sp³-hybridized carbons (Fsp3) is 0.353. The molecule has 0 saturated heterocycles. The highest BCUT2D eigenvalue weighted by atomic mass is 16.1. The van der Waals surface area contributed by atoms with Gasteiger partial charge in [-0.2, -0.15) is 5.10 Å². The second-order valence-electron chi connectivity index (χ2n) is 5.08. The van der Waals surface area contributed by atoms with Crippen LogP contribution >= 0.6 is 0 Å². The minimum absolute atomic E-state index is 0.386. The van der Waals surface area contributed by atoms with Crippen molar-refractivity contribution >= 4 is 18.2 Å². The van der Waals surface area contributed by atoms with Crippen molar-refractivity contribution in [1.29, 1.82) is 0 Å². The van der Waals surface area contributed by atoms with Gasteiger partial charge in [-0.1, -0.05) is 26.0 Å². The number of aliphatic imine (C=N–C) groups is 1. The first-order valence-corrected chi connectivity index (χ1v) is 7.02. The van der Waals surface area contributed by atoms with Crippen molar-refractivity contribution in [3.63, 3.8) is 0 Å². The zero-order valence-corrected chi connectivity index (χ0v) is 13.4. The first kappa shape index (κ1) is 16.8. The lowest BCUT2D eigenvalue weighted by Crippen LogP contribution is -2.13. The van der Waals surface area contributed by atoms with Gasteiger partial charge in [-0.3, -0.25) is 9.79 Å². The van der Waals surface area contributed by atoms with Crippen LogP contribution < -0.4 is 0 Å². The Morgan fingerprint density at radius 3 is 2.57 bits per heavy atom. The number of carbonyl (C=O) groups is 1. The second kappa shape index (κ2) is 8.15. The van der Waals surface area contributed by atoms with Gasteiger partial charge in [0.2, 0.25) is 0 Å². The Labute approximate surface area is 126 Å². The summed E-state index contributed by atoms with van der Waals surface area (Å²) in [5.41, 5.74) is 3.42. The van der Waals surface area contributed by atoms with Gasteiger partial charge in [-0.05, 0) is 43.1 Å². The number of rotatable bonds is 5. The predicted octanol–water partition coefficient (Wildman–Crippen LogP) is 3.50. The second-order valence-corrected chi connectivity index (χ2v) is 5.08. The molecule has 0 unspecified atom stereocenters. The normalized spacial score (nSPS) is 18.9. The highest BCUT2D eigenvalue weighted by Gasteiger charge is 2.10. The third-order valence-corrected chi connectivity index (χ3v) is 2.94. The molecule has 0 radical (unpaired) electrons. The van der Waals surface area contributed by atoms with Crippen molar-refractivity contribution in [1.82, 2.24) is 5.01 Å². The predicted molar refractivity (Wildman–Crippen MR) is 89.3 cm³/mol. The monoisotopic (exact) mass is 285 g/mol. The minimum atomic E-state index is 0.386. The largest absolute Gasteiger partial charge is 0.296 e. The Balaban J connectivity index is 3.08. The third kappa shape index (κ3) is 4.99. The summed E-state index contributed by atoms with van der Waals surface area (Å²) in [6, 6.07) is 0. The Hall–Kier alpha value is -2.23. The van der Waals surface area contributed by atoms with E-state index in [1.165, 1.54) is 0 Å². The molecule has 0 aromatic heterocycles. The molecule has 0 saturated carbocycles. The zero-order valence-electron chi connectivity index (χ0n) is 13.4. The molecule has 0 N–H and O–H groups in total. The standard InChI is InChI=1S/C17H23N3O/c1-6-17-8-7-15(11-20(17)19-10-13(2)3)14(4)9-16(12-21)18-5/h6-13H,1-5H3/b14-9+,17-6+,18-16?,19-10-. The van der Waals surface area contributed by atoms with E-state index in [0.29, 0.717) is 11.6 Å². The summed E-state index contributed by atoms with van der Waals surface area (Å²) in [5, 5.41) is 6.32. The number of hydrogen-bond acceptors (Lipinski definition) is 4. The van der Waals surface area contributed by atoms with E-state index < -0.39 is 0 Å². The molecule has 0 amide bonds. The average Bonchev–Trinajstić information content (AvgIpc) is 2.49. The molecule has 0 aliphatic carbocycles. The van der Waals surface area contributed by atoms with Crippen molar-refractivity contribution in [2.24, 2.45) is 16.0 Å². The van der Waals surface area contributed by atoms with E-state index in [1.54, 1.807) is 13.1 Å². The lowest BCUT2D eigenvalue weighted by molar-refractivity contribution is -0.102. The van der Waals surface area contributed by atoms with Crippen molar-refractivity contribution in [3.8, 4) is 0 Å². The van der Waals surface area contributed by atoms with Gasteiger partial charge in [0.1, 0.15) is 0 Å². The molecule has 112 valence electrons. The van der Waals surface area contributed by atoms with Gasteiger partial charge in [0.15, 0.2) is 6.29 Å². The number of hydrogen-bond donors (Lipinski definition) is 0. The summed E-state index contributed by atoms with van der Waals surface area (Å²) in [6.07, 6.45) is 12.4. The maximum atomic E-state index is 10.8. The molecule has 0 fully saturated rings. The lowest BCUT2D eigenvalue weighted by atomic mass is 10.0. The van der Waals surface area contributed by atoms with Crippen molar-refractivity contribution < 1.29 is 4.79 Å². The van der Waals surface area contributed by atoms with Crippen LogP contribution in [0.15, 0.2) is 57.4 Å². The Morgan fingerprint density at radius 2 is 2.05 bits per heavy atom. The highest BCUT2D eigenvalue weighted by molar-refractivity contribution is 6.34. The Morgan fingerprint density at radius 1 is 1.33 bits per heavy atom. The molecule has 0 bridgehead atoms. The minimum Gasteiger partial charge on any atom is -0.296 e. The SMILES string of the molecule is C/C=C1\C=CC(/C(C)=C/C(C=O)=NC)=CN1/N=C\C(C)C. The molecule has 0 aromatic rings. The number of allylic oxidation sites excluding steroid dienone is 6. The Bertz CT molecular complexity index is 561. The van der Waals surface area contributed by atoms with Gasteiger partial charge in [0, 0.05) is 19.5 Å². The molecule has 1 aliphatic heterocycles. The number of nitrogens with zero attached hydrogens (tertiary/aromatic N) is 3. The summed E-state index contributed by atoms with van der Waals surface area (Å²) in [5.74, 6) is 0.386. The summed E-state index contributed by atoms with van der Waals surface area (Å²) in [6.45, 7) is 8.11. The maximum absolute atomic E-state index is 10.8. The maximum Gasteiger partial charge on any atom is 0.167 e. The van der Waals surface area contributed by atoms with Crippen LogP contribution in [0.5, 0.6) is 0 Å². The molecule has 21 heavy (non-hydrogen) atoms. The number of carbonyl (C=O) groups excluding carboxylic acids is 1. The zero-order chi connectivity index (χ0) is 15.8. The number of aldehydes is 1. The van der Waals surface area contributed by atoms with E-state index in [9.17, 15) is 4.79 Å². The van der Waals surface area contributed by atoms with E-state index in [2.05, 4.69) is 23.9 Å². The summed E-state index contributed by atoms with van der Waals surface area (Å²) < 4.78 is 0. The van der Waals surface area contributed by atoms with Gasteiger partial charge in [-0.15, -0.1) is 0 Å². The summed E-state index contributed by atoms with van der Waals surface area (Å²) >= 11 is 0. The van der Waals surface area contributed by atoms with Gasteiger partial charge in [0.25, 0.3) is 0 Å². The smallest absolute Gasteiger partial charge is 0.167 e. The van der Waals surface area contributed by atoms with Crippen molar-refractivity contribution in [2.75, 3.05) is 7.05 Å². The molecule has 0 aromatic carbocycles. The first-order valence-electron chi connectivity index (χ1n) is 7.02. The molecular formula is C17H23N3O. The van der Waals surface area contributed by atoms with E-state index in [4.69, 9.17) is 0 Å². The van der Waals surface area contributed by atoms with Crippen molar-refractivity contribution in [2.45, 2.75) is 27.7 Å². The van der Waals surface area contributed by atoms with Crippen LogP contribution in [-0.2, 0) is 4.79 Å². The molecule has 1 aliphatic rings. The molecule has 4 nitrogen and oxygen atoms in total. The summed E-state index contributed by atoms with van der Waals surface area (Å²) in [7, 11) is 1.61. The molecular weight excluding hydrogens is 262 g/mol. The third-order valence-electron chi connectivity index (χ3n) is 2.94. The molecule has 0 atom stereocenters. The fourth-order valence-electron chi connectivity index (χ4n) is 1.72. The Kier molecular flexibility index (Phi) is 6.53. The van der Waals surface area contributed by atoms with Gasteiger partial charge >= 0.3 is 0 Å². The van der Waals surface area contributed by atoms with Crippen LogP contribution in [0.25, 0.3) is 0 Å². The van der Waals surface area contributed by atoms with E-state index in [1.807, 2.05) is 49.5 Å². The van der Waals surface area contributed by atoms with Crippen LogP contribution in [-0.4, -0.2) is 30.3 Å². The van der Waals surface area contributed by atoms with Crippen molar-refractivity contribution in [3.05, 3.63) is 47.3 Å². The van der Waals surface area contributed by atoms with E-state index in [0.717, 1.165) is 23.1 Å². The van der Waals surface area contributed by atoms with Crippen LogP contribution in [0.1, 0.15) is 27.7 Å². The topological polar surface area (TPSA) is 45.0 Å². The van der Waals surface area contributed by atoms with Crippen LogP contribution in [0, 0.1) is 5.92 Å². The average molecular weight is 285 g/mol. The van der Waals surface area contributed by atoms with Crippen LogP contribution in [0.4, 0.5) is 0 Å². The highest BCUT2D eigenvalue weighted by Crippen LogP contribution is 2.22. The fourth-order valence-corrected chi connectivity index (χ4v) is 1.72. The van der Waals surface area contributed by atoms with Gasteiger partial charge in [0.05, 0.1) is 11.4 Å². The van der Waals surface area contributed by atoms with Gasteiger partial charge < -0.3 is 0 Å². The number of hydrazone groups is 1. The van der Waals surface area contributed by atoms with Crippen LogP contribution in [0.2, 0.25) is 0 Å². The van der Waals surface area contributed by atoms with E-state index >= 15 is 0 Å². The quantitative estimate of drug-likeness (QED) is 0.573. The molecule has 4 heteroatoms. The first-order chi connectivity index (χ1) is 10.0. The lowest BCUT2D eigenvalue weighted by Gasteiger charge is -2.21. The molecule has 1 rings (SSSR count). The van der Waals surface area contributed by atoms with Crippen LogP contribution in [0.3, 0.4) is 0 Å². The van der Waals surface area contributed by atoms with Gasteiger partial charge in [-0.25, -0.2) is 5.01 Å².